The standard InChI is InChI=1S/C17H15N3O6/c1-10-2-7-13(8-14(10)20(24)25)19-15(21)9-26-17(23)12-5-3-11(4-6-12)16(18)22/h2-8H,9H2,1H3,(H2,18,22)(H,19,21). The van der Waals surface area contributed by atoms with Crippen molar-refractivity contribution < 1.29 is 24.0 Å². The van der Waals surface area contributed by atoms with E-state index in [1.54, 1.807) is 6.92 Å². The third-order valence-corrected chi connectivity index (χ3v) is 3.43. The quantitative estimate of drug-likeness (QED) is 0.458. The van der Waals surface area contributed by atoms with Crippen LogP contribution in [0.15, 0.2) is 42.5 Å². The van der Waals surface area contributed by atoms with Gasteiger partial charge in [0.05, 0.1) is 10.5 Å². The van der Waals surface area contributed by atoms with E-state index >= 15 is 0 Å². The number of carbonyl (C=O) groups is 3. The molecule has 0 saturated carbocycles. The Labute approximate surface area is 147 Å². The van der Waals surface area contributed by atoms with Gasteiger partial charge in [0, 0.05) is 22.9 Å². The van der Waals surface area contributed by atoms with Gasteiger partial charge < -0.3 is 15.8 Å². The number of hydrogen-bond donors (Lipinski definition) is 2. The van der Waals surface area contributed by atoms with Crippen molar-refractivity contribution in [1.82, 2.24) is 0 Å². The average molecular weight is 357 g/mol. The van der Waals surface area contributed by atoms with Crippen LogP contribution in [0.25, 0.3) is 0 Å². The Morgan fingerprint density at radius 2 is 1.73 bits per heavy atom. The van der Waals surface area contributed by atoms with Crippen LogP contribution >= 0.6 is 0 Å². The summed E-state index contributed by atoms with van der Waals surface area (Å²) in [6, 6.07) is 9.66. The van der Waals surface area contributed by atoms with Gasteiger partial charge in [0.1, 0.15) is 0 Å². The number of hydrogen-bond acceptors (Lipinski definition) is 6. The zero-order valence-corrected chi connectivity index (χ0v) is 13.7. The highest BCUT2D eigenvalue weighted by Gasteiger charge is 2.14. The second-order valence-electron chi connectivity index (χ2n) is 5.32. The first kappa shape index (κ1) is 18.6. The van der Waals surface area contributed by atoms with Crippen LogP contribution in [0, 0.1) is 17.0 Å². The molecule has 134 valence electrons. The number of ether oxygens (including phenoxy) is 1. The molecule has 0 aliphatic heterocycles. The molecule has 0 radical (unpaired) electrons. The summed E-state index contributed by atoms with van der Waals surface area (Å²) in [6.45, 7) is 1.01. The number of esters is 1. The number of rotatable bonds is 6. The van der Waals surface area contributed by atoms with Gasteiger partial charge >= 0.3 is 5.97 Å². The fourth-order valence-electron chi connectivity index (χ4n) is 2.07. The van der Waals surface area contributed by atoms with Crippen LogP contribution in [0.1, 0.15) is 26.3 Å². The number of nitrogens with zero attached hydrogens (tertiary/aromatic N) is 1. The van der Waals surface area contributed by atoms with Gasteiger partial charge in [0.2, 0.25) is 5.91 Å². The van der Waals surface area contributed by atoms with Gasteiger partial charge in [-0.05, 0) is 37.3 Å². The molecular weight excluding hydrogens is 342 g/mol. The molecule has 0 saturated heterocycles. The van der Waals surface area contributed by atoms with Gasteiger partial charge in [-0.3, -0.25) is 19.7 Å². The monoisotopic (exact) mass is 357 g/mol. The second-order valence-corrected chi connectivity index (χ2v) is 5.32. The minimum atomic E-state index is -0.758. The van der Waals surface area contributed by atoms with Gasteiger partial charge in [0.15, 0.2) is 6.61 Å². The van der Waals surface area contributed by atoms with Gasteiger partial charge in [-0.25, -0.2) is 4.79 Å². The molecule has 9 nitrogen and oxygen atoms in total. The van der Waals surface area contributed by atoms with E-state index < -0.39 is 29.3 Å². The molecule has 0 aromatic heterocycles. The summed E-state index contributed by atoms with van der Waals surface area (Å²) in [6.07, 6.45) is 0. The van der Waals surface area contributed by atoms with E-state index in [2.05, 4.69) is 5.32 Å². The maximum Gasteiger partial charge on any atom is 0.338 e. The molecule has 0 heterocycles. The first-order valence-corrected chi connectivity index (χ1v) is 7.40. The summed E-state index contributed by atoms with van der Waals surface area (Å²) in [5, 5.41) is 13.3. The van der Waals surface area contributed by atoms with Crippen LogP contribution in [-0.4, -0.2) is 29.3 Å². The van der Waals surface area contributed by atoms with E-state index in [0.29, 0.717) is 5.56 Å². The smallest absolute Gasteiger partial charge is 0.338 e. The molecule has 0 unspecified atom stereocenters. The zero-order chi connectivity index (χ0) is 19.3. The Morgan fingerprint density at radius 1 is 1.12 bits per heavy atom. The first-order chi connectivity index (χ1) is 12.3. The average Bonchev–Trinajstić information content (AvgIpc) is 2.61. The number of primary amides is 1. The number of nitro benzene ring substituents is 1. The van der Waals surface area contributed by atoms with Crippen molar-refractivity contribution in [2.75, 3.05) is 11.9 Å². The van der Waals surface area contributed by atoms with Gasteiger partial charge in [0.25, 0.3) is 11.6 Å². The summed E-state index contributed by atoms with van der Waals surface area (Å²) in [4.78, 5) is 45.0. The van der Waals surface area contributed by atoms with Crippen molar-refractivity contribution in [3.63, 3.8) is 0 Å². The molecule has 0 aliphatic rings. The van der Waals surface area contributed by atoms with Crippen LogP contribution in [-0.2, 0) is 9.53 Å². The summed E-state index contributed by atoms with van der Waals surface area (Å²) in [5.41, 5.74) is 6.03. The van der Waals surface area contributed by atoms with E-state index in [4.69, 9.17) is 10.5 Å². The van der Waals surface area contributed by atoms with Crippen molar-refractivity contribution in [2.45, 2.75) is 6.92 Å². The van der Waals surface area contributed by atoms with Gasteiger partial charge in [-0.1, -0.05) is 6.07 Å². The van der Waals surface area contributed by atoms with Gasteiger partial charge in [-0.15, -0.1) is 0 Å². The molecule has 0 fully saturated rings. The summed E-state index contributed by atoms with van der Waals surface area (Å²) < 4.78 is 4.86. The molecule has 0 spiro atoms. The Morgan fingerprint density at radius 3 is 2.31 bits per heavy atom. The molecule has 2 amide bonds. The van der Waals surface area contributed by atoms with Crippen molar-refractivity contribution in [3.8, 4) is 0 Å². The van der Waals surface area contributed by atoms with Crippen molar-refractivity contribution >= 4 is 29.2 Å². The van der Waals surface area contributed by atoms with Crippen LogP contribution in [0.2, 0.25) is 0 Å². The highest BCUT2D eigenvalue weighted by molar-refractivity contribution is 5.97. The molecule has 26 heavy (non-hydrogen) atoms. The number of carbonyl (C=O) groups excluding carboxylic acids is 3. The van der Waals surface area contributed by atoms with E-state index in [1.165, 1.54) is 42.5 Å². The lowest BCUT2D eigenvalue weighted by Gasteiger charge is -2.07. The van der Waals surface area contributed by atoms with Crippen molar-refractivity contribution in [1.29, 1.82) is 0 Å². The first-order valence-electron chi connectivity index (χ1n) is 7.40. The third-order valence-electron chi connectivity index (χ3n) is 3.43. The SMILES string of the molecule is Cc1ccc(NC(=O)COC(=O)c2ccc(C(N)=O)cc2)cc1[N+](=O)[O-]. The number of nitrogens with two attached hydrogens (primary N) is 1. The van der Waals surface area contributed by atoms with Crippen LogP contribution in [0.3, 0.4) is 0 Å². The zero-order valence-electron chi connectivity index (χ0n) is 13.7. The molecule has 0 aliphatic carbocycles. The Balaban J connectivity index is 1.94. The second kappa shape index (κ2) is 7.88. The minimum absolute atomic E-state index is 0.130. The Hall–Kier alpha value is -3.75. The number of benzene rings is 2. The van der Waals surface area contributed by atoms with Crippen molar-refractivity contribution in [2.24, 2.45) is 5.73 Å². The Bertz CT molecular complexity index is 877. The molecule has 2 aromatic carbocycles. The topological polar surface area (TPSA) is 142 Å². The van der Waals surface area contributed by atoms with E-state index in [-0.39, 0.29) is 22.5 Å². The molecule has 9 heteroatoms. The fraction of sp³-hybridized carbons (Fsp3) is 0.118. The predicted octanol–water partition coefficient (Wildman–Crippen LogP) is 1.80. The third kappa shape index (κ3) is 4.63. The van der Waals surface area contributed by atoms with E-state index in [9.17, 15) is 24.5 Å². The molecule has 2 rings (SSSR count). The highest BCUT2D eigenvalue weighted by Crippen LogP contribution is 2.22. The maximum atomic E-state index is 11.9. The normalized spacial score (nSPS) is 10.0. The van der Waals surface area contributed by atoms with Crippen LogP contribution < -0.4 is 11.1 Å². The number of amides is 2. The fourth-order valence-corrected chi connectivity index (χ4v) is 2.07. The Kier molecular flexibility index (Phi) is 5.63. The maximum absolute atomic E-state index is 11.9. The molecule has 0 atom stereocenters. The molecule has 0 bridgehead atoms. The lowest BCUT2D eigenvalue weighted by Crippen LogP contribution is -2.21. The number of nitro groups is 1. The highest BCUT2D eigenvalue weighted by atomic mass is 16.6. The number of nitrogens with one attached hydrogen (secondary N) is 1. The van der Waals surface area contributed by atoms with Crippen LogP contribution in [0.5, 0.6) is 0 Å². The van der Waals surface area contributed by atoms with E-state index in [1.807, 2.05) is 0 Å². The lowest BCUT2D eigenvalue weighted by molar-refractivity contribution is -0.385. The predicted molar refractivity (Wildman–Crippen MR) is 91.7 cm³/mol. The van der Waals surface area contributed by atoms with Crippen LogP contribution in [0.4, 0.5) is 11.4 Å². The summed E-state index contributed by atoms with van der Waals surface area (Å²) in [5.74, 6) is -2.03. The molecular formula is C17H15N3O6. The largest absolute Gasteiger partial charge is 0.452 e. The van der Waals surface area contributed by atoms with Gasteiger partial charge in [-0.2, -0.15) is 0 Å². The molecule has 2 aromatic rings. The number of aryl methyl sites for hydroxylation is 1. The van der Waals surface area contributed by atoms with Crippen molar-refractivity contribution in [3.05, 3.63) is 69.3 Å². The summed E-state index contributed by atoms with van der Waals surface area (Å²) in [7, 11) is 0. The lowest BCUT2D eigenvalue weighted by atomic mass is 10.1. The number of anilines is 1. The molecule has 3 N–H and O–H groups in total. The minimum Gasteiger partial charge on any atom is -0.452 e. The summed E-state index contributed by atoms with van der Waals surface area (Å²) >= 11 is 0. The van der Waals surface area contributed by atoms with E-state index in [0.717, 1.165) is 0 Å².